The summed E-state index contributed by atoms with van der Waals surface area (Å²) in [5.41, 5.74) is 3.44. The Hall–Kier alpha value is -3.75. The second-order valence-electron chi connectivity index (χ2n) is 5.94. The molecule has 2 amide bonds. The fourth-order valence-electron chi connectivity index (χ4n) is 2.24. The average Bonchev–Trinajstić information content (AvgIpc) is 2.73. The molecular formula is C20H23N3O6. The average molecular weight is 401 g/mol. The van der Waals surface area contributed by atoms with E-state index in [1.165, 1.54) is 32.4 Å². The number of methoxy groups -OCH3 is 3. The van der Waals surface area contributed by atoms with Crippen LogP contribution in [0.2, 0.25) is 0 Å². The van der Waals surface area contributed by atoms with Gasteiger partial charge in [-0.05, 0) is 42.0 Å². The zero-order chi connectivity index (χ0) is 21.4. The van der Waals surface area contributed by atoms with Crippen molar-refractivity contribution in [2.45, 2.75) is 0 Å². The number of nitrogens with one attached hydrogen (secondary N) is 1. The quantitative estimate of drug-likeness (QED) is 0.565. The lowest BCUT2D eigenvalue weighted by Gasteiger charge is -2.13. The first kappa shape index (κ1) is 21.5. The van der Waals surface area contributed by atoms with Gasteiger partial charge in [0.25, 0.3) is 5.91 Å². The second-order valence-corrected chi connectivity index (χ2v) is 5.94. The van der Waals surface area contributed by atoms with E-state index in [0.717, 1.165) is 0 Å². The van der Waals surface area contributed by atoms with Gasteiger partial charge in [0.05, 0.1) is 27.5 Å². The van der Waals surface area contributed by atoms with Crippen LogP contribution in [-0.2, 0) is 0 Å². The van der Waals surface area contributed by atoms with Gasteiger partial charge in [0.1, 0.15) is 0 Å². The third kappa shape index (κ3) is 5.61. The molecule has 0 unspecified atom stereocenters. The van der Waals surface area contributed by atoms with Crippen LogP contribution in [0.4, 0.5) is 4.79 Å². The minimum Gasteiger partial charge on any atom is -0.493 e. The number of hydrazone groups is 1. The molecule has 0 fully saturated rings. The van der Waals surface area contributed by atoms with Crippen LogP contribution >= 0.6 is 0 Å². The number of carbonyl (C=O) groups excluding carboxylic acids is 2. The Morgan fingerprint density at radius 2 is 1.52 bits per heavy atom. The van der Waals surface area contributed by atoms with Gasteiger partial charge in [-0.15, -0.1) is 0 Å². The van der Waals surface area contributed by atoms with Gasteiger partial charge in [-0.2, -0.15) is 5.10 Å². The largest absolute Gasteiger partial charge is 0.493 e. The van der Waals surface area contributed by atoms with E-state index in [1.807, 2.05) is 0 Å². The van der Waals surface area contributed by atoms with E-state index in [9.17, 15) is 9.59 Å². The second kappa shape index (κ2) is 9.98. The smallest absolute Gasteiger partial charge is 0.414 e. The Morgan fingerprint density at radius 1 is 0.897 bits per heavy atom. The topological polar surface area (TPSA) is 98.7 Å². The van der Waals surface area contributed by atoms with Crippen molar-refractivity contribution < 1.29 is 28.5 Å². The monoisotopic (exact) mass is 401 g/mol. The van der Waals surface area contributed by atoms with Gasteiger partial charge < -0.3 is 23.8 Å². The van der Waals surface area contributed by atoms with E-state index in [1.54, 1.807) is 50.5 Å². The van der Waals surface area contributed by atoms with E-state index in [4.69, 9.17) is 18.9 Å². The number of carbonyl (C=O) groups is 2. The number of rotatable bonds is 7. The fraction of sp³-hybridized carbons (Fsp3) is 0.250. The highest BCUT2D eigenvalue weighted by Crippen LogP contribution is 2.28. The maximum Gasteiger partial charge on any atom is 0.414 e. The molecule has 0 spiro atoms. The molecular weight excluding hydrogens is 378 g/mol. The molecule has 2 aromatic carbocycles. The van der Waals surface area contributed by atoms with Gasteiger partial charge in [0.2, 0.25) is 0 Å². The molecule has 2 aromatic rings. The standard InChI is InChI=1S/C20H23N3O6/c1-23(2)20(25)29-16-8-6-13(10-17(16)27-4)12-21-22-19(24)14-7-9-15(26-3)18(11-14)28-5/h6-12H,1-5H3,(H,22,24)/b21-12+. The maximum absolute atomic E-state index is 12.3. The summed E-state index contributed by atoms with van der Waals surface area (Å²) in [6.45, 7) is 0. The van der Waals surface area contributed by atoms with Gasteiger partial charge in [0, 0.05) is 19.7 Å². The van der Waals surface area contributed by atoms with Crippen LogP contribution in [0.3, 0.4) is 0 Å². The van der Waals surface area contributed by atoms with Crippen molar-refractivity contribution in [3.05, 3.63) is 47.5 Å². The van der Waals surface area contributed by atoms with E-state index >= 15 is 0 Å². The summed E-state index contributed by atoms with van der Waals surface area (Å²) in [6.07, 6.45) is 0.922. The molecule has 154 valence electrons. The molecule has 9 heteroatoms. The summed E-state index contributed by atoms with van der Waals surface area (Å²) < 4.78 is 20.8. The number of amides is 2. The molecule has 29 heavy (non-hydrogen) atoms. The summed E-state index contributed by atoms with van der Waals surface area (Å²) in [5, 5.41) is 3.94. The minimum absolute atomic E-state index is 0.276. The Balaban J connectivity index is 2.08. The van der Waals surface area contributed by atoms with E-state index in [0.29, 0.717) is 28.4 Å². The van der Waals surface area contributed by atoms with Gasteiger partial charge in [-0.1, -0.05) is 0 Å². The third-order valence-electron chi connectivity index (χ3n) is 3.78. The molecule has 0 bridgehead atoms. The summed E-state index contributed by atoms with van der Waals surface area (Å²) >= 11 is 0. The van der Waals surface area contributed by atoms with E-state index in [2.05, 4.69) is 10.5 Å². The van der Waals surface area contributed by atoms with Gasteiger partial charge in [0.15, 0.2) is 23.0 Å². The Morgan fingerprint density at radius 3 is 2.14 bits per heavy atom. The van der Waals surface area contributed by atoms with Crippen molar-refractivity contribution in [2.75, 3.05) is 35.4 Å². The van der Waals surface area contributed by atoms with E-state index < -0.39 is 12.0 Å². The summed E-state index contributed by atoms with van der Waals surface area (Å²) in [4.78, 5) is 25.3. The first-order chi connectivity index (χ1) is 13.9. The Labute approximate surface area is 168 Å². The Kier molecular flexibility index (Phi) is 7.41. The number of nitrogens with zero attached hydrogens (tertiary/aromatic N) is 2. The number of hydrogen-bond donors (Lipinski definition) is 1. The van der Waals surface area contributed by atoms with Crippen molar-refractivity contribution in [3.63, 3.8) is 0 Å². The van der Waals surface area contributed by atoms with Gasteiger partial charge in [-0.3, -0.25) is 4.79 Å². The molecule has 0 radical (unpaired) electrons. The number of hydrogen-bond acceptors (Lipinski definition) is 7. The molecule has 1 N–H and O–H groups in total. The van der Waals surface area contributed by atoms with Crippen molar-refractivity contribution in [2.24, 2.45) is 5.10 Å². The lowest BCUT2D eigenvalue weighted by atomic mass is 10.2. The molecule has 0 saturated heterocycles. The van der Waals surface area contributed by atoms with Crippen LogP contribution in [0.15, 0.2) is 41.5 Å². The lowest BCUT2D eigenvalue weighted by Crippen LogP contribution is -2.25. The molecule has 2 rings (SSSR count). The highest BCUT2D eigenvalue weighted by molar-refractivity contribution is 5.95. The third-order valence-corrected chi connectivity index (χ3v) is 3.78. The van der Waals surface area contributed by atoms with Gasteiger partial charge >= 0.3 is 6.09 Å². The highest BCUT2D eigenvalue weighted by atomic mass is 16.6. The number of ether oxygens (including phenoxy) is 4. The zero-order valence-corrected chi connectivity index (χ0v) is 16.9. The fourth-order valence-corrected chi connectivity index (χ4v) is 2.24. The maximum atomic E-state index is 12.3. The SMILES string of the molecule is COc1ccc(C(=O)N/N=C/c2ccc(OC(=O)N(C)C)c(OC)c2)cc1OC. The minimum atomic E-state index is -0.521. The van der Waals surface area contributed by atoms with Crippen LogP contribution in [-0.4, -0.2) is 58.5 Å². The molecule has 0 aliphatic heterocycles. The molecule has 0 aliphatic carbocycles. The van der Waals surface area contributed by atoms with Gasteiger partial charge in [-0.25, -0.2) is 10.2 Å². The predicted molar refractivity (Wildman–Crippen MR) is 107 cm³/mol. The van der Waals surface area contributed by atoms with Crippen molar-refractivity contribution in [3.8, 4) is 23.0 Å². The molecule has 0 saturated carbocycles. The number of benzene rings is 2. The van der Waals surface area contributed by atoms with Crippen LogP contribution < -0.4 is 24.4 Å². The van der Waals surface area contributed by atoms with Crippen LogP contribution in [0.5, 0.6) is 23.0 Å². The molecule has 0 aliphatic rings. The van der Waals surface area contributed by atoms with Crippen LogP contribution in [0.1, 0.15) is 15.9 Å². The highest BCUT2D eigenvalue weighted by Gasteiger charge is 2.12. The first-order valence-corrected chi connectivity index (χ1v) is 8.52. The summed E-state index contributed by atoms with van der Waals surface area (Å²) in [5.74, 6) is 1.19. The molecule has 0 aromatic heterocycles. The van der Waals surface area contributed by atoms with Crippen molar-refractivity contribution in [1.29, 1.82) is 0 Å². The predicted octanol–water partition coefficient (Wildman–Crippen LogP) is 2.54. The summed E-state index contributed by atoms with van der Waals surface area (Å²) in [6, 6.07) is 9.68. The van der Waals surface area contributed by atoms with Crippen molar-refractivity contribution in [1.82, 2.24) is 10.3 Å². The lowest BCUT2D eigenvalue weighted by molar-refractivity contribution is 0.0954. The molecule has 0 atom stereocenters. The summed E-state index contributed by atoms with van der Waals surface area (Å²) in [7, 11) is 7.63. The zero-order valence-electron chi connectivity index (χ0n) is 16.9. The first-order valence-electron chi connectivity index (χ1n) is 8.52. The van der Waals surface area contributed by atoms with Crippen molar-refractivity contribution >= 4 is 18.2 Å². The molecule has 9 nitrogen and oxygen atoms in total. The van der Waals surface area contributed by atoms with Crippen LogP contribution in [0.25, 0.3) is 0 Å². The van der Waals surface area contributed by atoms with E-state index in [-0.39, 0.29) is 5.75 Å². The molecule has 0 heterocycles. The normalized spacial score (nSPS) is 10.4. The van der Waals surface area contributed by atoms with Crippen LogP contribution in [0, 0.1) is 0 Å². The Bertz CT molecular complexity index is 911.